The number of carboxylic acid groups (broad SMARTS) is 1. The molecule has 0 spiro atoms. The van der Waals surface area contributed by atoms with E-state index >= 15 is 0 Å². The largest absolute Gasteiger partial charge is 0.481 e. The topological polar surface area (TPSA) is 154 Å². The summed E-state index contributed by atoms with van der Waals surface area (Å²) >= 11 is 0. The Morgan fingerprint density at radius 2 is 2.03 bits per heavy atom. The normalized spacial score (nSPS) is 9.93. The van der Waals surface area contributed by atoms with Crippen LogP contribution in [-0.4, -0.2) is 31.2 Å². The van der Waals surface area contributed by atoms with Crippen molar-refractivity contribution in [3.63, 3.8) is 0 Å². The number of aromatic amines is 1. The molecule has 2 aromatic heterocycles. The molecule has 0 atom stereocenters. The van der Waals surface area contributed by atoms with Crippen LogP contribution >= 0.6 is 0 Å². The molecule has 0 bridgehead atoms. The minimum atomic E-state index is -0.833. The standard InChI is InChI=1S/C18H13N7.C2H4O2/c19-10-11-2-1-3-12(8-11)17-14-9-13(4-5-15(14)24-25-17)22-16-6-7-21-18(20)23-16;1-2(3)4/h1-9H,(H,24,25)(H3,20,21,22,23);1H3,(H,3,4). The monoisotopic (exact) mass is 387 g/mol. The van der Waals surface area contributed by atoms with E-state index < -0.39 is 5.97 Å². The first kappa shape index (κ1) is 19.3. The Kier molecular flexibility index (Phi) is 5.66. The van der Waals surface area contributed by atoms with E-state index in [2.05, 4.69) is 31.6 Å². The zero-order chi connectivity index (χ0) is 20.8. The van der Waals surface area contributed by atoms with Gasteiger partial charge in [0.2, 0.25) is 5.95 Å². The van der Waals surface area contributed by atoms with Crippen molar-refractivity contribution in [2.24, 2.45) is 0 Å². The van der Waals surface area contributed by atoms with Crippen LogP contribution in [0, 0.1) is 11.3 Å². The molecule has 0 aliphatic heterocycles. The van der Waals surface area contributed by atoms with E-state index in [1.807, 2.05) is 36.4 Å². The molecule has 4 aromatic rings. The van der Waals surface area contributed by atoms with Gasteiger partial charge in [-0.15, -0.1) is 0 Å². The lowest BCUT2D eigenvalue weighted by molar-refractivity contribution is -0.134. The first-order valence-corrected chi connectivity index (χ1v) is 8.50. The molecule has 0 saturated carbocycles. The van der Waals surface area contributed by atoms with Crippen LogP contribution in [0.1, 0.15) is 12.5 Å². The van der Waals surface area contributed by atoms with Gasteiger partial charge in [0.15, 0.2) is 0 Å². The first-order chi connectivity index (χ1) is 14.0. The highest BCUT2D eigenvalue weighted by Crippen LogP contribution is 2.29. The van der Waals surface area contributed by atoms with Crippen molar-refractivity contribution in [3.8, 4) is 17.3 Å². The van der Waals surface area contributed by atoms with Gasteiger partial charge in [0.25, 0.3) is 5.97 Å². The van der Waals surface area contributed by atoms with Gasteiger partial charge in [-0.3, -0.25) is 9.89 Å². The number of fused-ring (bicyclic) bond motifs is 1. The number of nitrogens with one attached hydrogen (secondary N) is 2. The smallest absolute Gasteiger partial charge is 0.300 e. The Morgan fingerprint density at radius 3 is 2.76 bits per heavy atom. The number of nitrogens with two attached hydrogens (primary N) is 1. The highest BCUT2D eigenvalue weighted by Gasteiger charge is 2.10. The summed E-state index contributed by atoms with van der Waals surface area (Å²) in [7, 11) is 0. The van der Waals surface area contributed by atoms with E-state index in [9.17, 15) is 0 Å². The highest BCUT2D eigenvalue weighted by atomic mass is 16.4. The number of nitrogen functional groups attached to an aromatic ring is 1. The second-order valence-corrected chi connectivity index (χ2v) is 5.97. The molecule has 0 aliphatic carbocycles. The third-order valence-electron chi connectivity index (χ3n) is 3.77. The van der Waals surface area contributed by atoms with E-state index in [0.717, 1.165) is 34.8 Å². The Morgan fingerprint density at radius 1 is 1.24 bits per heavy atom. The number of carbonyl (C=O) groups is 1. The Bertz CT molecular complexity index is 1210. The molecule has 0 fully saturated rings. The van der Waals surface area contributed by atoms with Gasteiger partial charge in [-0.1, -0.05) is 12.1 Å². The summed E-state index contributed by atoms with van der Waals surface area (Å²) in [4.78, 5) is 17.0. The number of H-pyrrole nitrogens is 1. The van der Waals surface area contributed by atoms with Gasteiger partial charge in [-0.25, -0.2) is 4.98 Å². The number of nitriles is 1. The number of hydrogen-bond donors (Lipinski definition) is 4. The Hall–Kier alpha value is -4.45. The number of rotatable bonds is 3. The average molecular weight is 387 g/mol. The van der Waals surface area contributed by atoms with Gasteiger partial charge in [0.05, 0.1) is 17.1 Å². The van der Waals surface area contributed by atoms with E-state index in [1.54, 1.807) is 18.3 Å². The summed E-state index contributed by atoms with van der Waals surface area (Å²) in [6.45, 7) is 1.08. The van der Waals surface area contributed by atoms with Crippen molar-refractivity contribution in [3.05, 3.63) is 60.3 Å². The van der Waals surface area contributed by atoms with Crippen molar-refractivity contribution in [1.29, 1.82) is 5.26 Å². The number of benzene rings is 2. The first-order valence-electron chi connectivity index (χ1n) is 8.50. The van der Waals surface area contributed by atoms with Crippen molar-refractivity contribution < 1.29 is 9.90 Å². The molecular weight excluding hydrogens is 370 g/mol. The molecule has 2 aromatic carbocycles. The highest BCUT2D eigenvalue weighted by molar-refractivity contribution is 5.95. The molecule has 144 valence electrons. The molecule has 2 heterocycles. The minimum Gasteiger partial charge on any atom is -0.481 e. The molecule has 0 amide bonds. The van der Waals surface area contributed by atoms with Crippen LogP contribution in [0.5, 0.6) is 0 Å². The van der Waals surface area contributed by atoms with Gasteiger partial charge in [-0.05, 0) is 36.4 Å². The van der Waals surface area contributed by atoms with Crippen LogP contribution in [0.25, 0.3) is 22.2 Å². The maximum Gasteiger partial charge on any atom is 0.300 e. The summed E-state index contributed by atoms with van der Waals surface area (Å²) in [5.74, 6) is -0.00762. The van der Waals surface area contributed by atoms with Crippen LogP contribution in [0.3, 0.4) is 0 Å². The summed E-state index contributed by atoms with van der Waals surface area (Å²) < 4.78 is 0. The SMILES string of the molecule is CC(=O)O.N#Cc1cccc(-c2n[nH]c3ccc(Nc4ccnc(N)n4)cc23)c1. The molecule has 5 N–H and O–H groups in total. The van der Waals surface area contributed by atoms with Gasteiger partial charge < -0.3 is 16.2 Å². The van der Waals surface area contributed by atoms with E-state index in [-0.39, 0.29) is 5.95 Å². The lowest BCUT2D eigenvalue weighted by atomic mass is 10.1. The van der Waals surface area contributed by atoms with Crippen LogP contribution < -0.4 is 11.1 Å². The zero-order valence-electron chi connectivity index (χ0n) is 15.4. The molecule has 29 heavy (non-hydrogen) atoms. The van der Waals surface area contributed by atoms with E-state index in [0.29, 0.717) is 11.4 Å². The summed E-state index contributed by atoms with van der Waals surface area (Å²) in [6.07, 6.45) is 1.60. The number of nitrogens with zero attached hydrogens (tertiary/aromatic N) is 4. The number of carboxylic acids is 1. The van der Waals surface area contributed by atoms with Crippen LogP contribution in [0.4, 0.5) is 17.5 Å². The maximum atomic E-state index is 9.09. The number of hydrogen-bond acceptors (Lipinski definition) is 7. The van der Waals surface area contributed by atoms with Crippen molar-refractivity contribution in [2.75, 3.05) is 11.1 Å². The quantitative estimate of drug-likeness (QED) is 0.417. The summed E-state index contributed by atoms with van der Waals surface area (Å²) in [6, 6.07) is 17.1. The van der Waals surface area contributed by atoms with E-state index in [4.69, 9.17) is 20.9 Å². The van der Waals surface area contributed by atoms with Crippen molar-refractivity contribution >= 4 is 34.3 Å². The summed E-state index contributed by atoms with van der Waals surface area (Å²) in [5.41, 5.74) is 9.64. The molecule has 9 nitrogen and oxygen atoms in total. The van der Waals surface area contributed by atoms with Crippen LogP contribution in [0.2, 0.25) is 0 Å². The number of aromatic nitrogens is 4. The summed E-state index contributed by atoms with van der Waals surface area (Å²) in [5, 5.41) is 28.1. The van der Waals surface area contributed by atoms with Gasteiger partial charge >= 0.3 is 0 Å². The second kappa shape index (κ2) is 8.49. The van der Waals surface area contributed by atoms with Crippen LogP contribution in [0.15, 0.2) is 54.7 Å². The second-order valence-electron chi connectivity index (χ2n) is 5.97. The van der Waals surface area contributed by atoms with Gasteiger partial charge in [-0.2, -0.15) is 15.3 Å². The predicted octanol–water partition coefficient (Wildman–Crippen LogP) is 3.31. The number of aliphatic carboxylic acids is 1. The third kappa shape index (κ3) is 4.84. The number of anilines is 3. The van der Waals surface area contributed by atoms with Crippen LogP contribution in [-0.2, 0) is 4.79 Å². The average Bonchev–Trinajstić information content (AvgIpc) is 3.11. The maximum absolute atomic E-state index is 9.09. The molecular formula is C20H17N7O2. The molecule has 4 rings (SSSR count). The fourth-order valence-corrected chi connectivity index (χ4v) is 2.64. The molecule has 9 heteroatoms. The Labute approximate surface area is 165 Å². The van der Waals surface area contributed by atoms with Crippen molar-refractivity contribution in [2.45, 2.75) is 6.92 Å². The molecule has 0 unspecified atom stereocenters. The predicted molar refractivity (Wildman–Crippen MR) is 109 cm³/mol. The molecule has 0 saturated heterocycles. The lowest BCUT2D eigenvalue weighted by Crippen LogP contribution is -1.98. The van der Waals surface area contributed by atoms with Gasteiger partial charge in [0, 0.05) is 29.8 Å². The molecule has 0 radical (unpaired) electrons. The fraction of sp³-hybridized carbons (Fsp3) is 0.0500. The third-order valence-corrected chi connectivity index (χ3v) is 3.77. The van der Waals surface area contributed by atoms with Crippen molar-refractivity contribution in [1.82, 2.24) is 20.2 Å². The minimum absolute atomic E-state index is 0.211. The fourth-order valence-electron chi connectivity index (χ4n) is 2.64. The van der Waals surface area contributed by atoms with E-state index in [1.165, 1.54) is 0 Å². The Balaban J connectivity index is 0.000000552. The zero-order valence-corrected chi connectivity index (χ0v) is 15.4. The molecule has 0 aliphatic rings. The van der Waals surface area contributed by atoms with Gasteiger partial charge in [0.1, 0.15) is 11.5 Å². The lowest BCUT2D eigenvalue weighted by Gasteiger charge is -2.06.